The first-order valence-electron chi connectivity index (χ1n) is 18.5. The molecule has 0 saturated carbocycles. The summed E-state index contributed by atoms with van der Waals surface area (Å²) in [5.74, 6) is -0.622. The van der Waals surface area contributed by atoms with Crippen LogP contribution in [0.4, 0.5) is 0 Å². The van der Waals surface area contributed by atoms with Gasteiger partial charge in [0.25, 0.3) is 5.24 Å². The van der Waals surface area contributed by atoms with Gasteiger partial charge in [-0.15, -0.1) is 0 Å². The second kappa shape index (κ2) is 17.5. The Balaban J connectivity index is 1.31. The lowest BCUT2D eigenvalue weighted by atomic mass is 9.88. The Kier molecular flexibility index (Phi) is 12.4. The lowest BCUT2D eigenvalue weighted by Gasteiger charge is -2.17. The van der Waals surface area contributed by atoms with Crippen LogP contribution in [-0.2, 0) is 11.3 Å². The van der Waals surface area contributed by atoms with Gasteiger partial charge in [0.05, 0.1) is 17.7 Å². The molecule has 0 saturated heterocycles. The number of aryl methyl sites for hydroxylation is 2. The molecule has 0 unspecified atom stereocenters. The molecule has 7 heteroatoms. The SMILES string of the molecule is CCCCCCCCCCOC(=O)c1cc(OCc2ccccc2)cc(OC(=O)c2cc3cc(C(=O)Cl)c4cccc(C)c4c3c3c(C)cccc23)c1. The van der Waals surface area contributed by atoms with Gasteiger partial charge >= 0.3 is 11.9 Å². The number of halogens is 1. The van der Waals surface area contributed by atoms with E-state index >= 15 is 0 Å². The maximum absolute atomic E-state index is 14.2. The summed E-state index contributed by atoms with van der Waals surface area (Å²) in [4.78, 5) is 40.1. The highest BCUT2D eigenvalue weighted by Gasteiger charge is 2.22. The Morgan fingerprint density at radius 2 is 1.21 bits per heavy atom. The highest BCUT2D eigenvalue weighted by Crippen LogP contribution is 2.40. The Morgan fingerprint density at radius 3 is 1.87 bits per heavy atom. The molecule has 0 amide bonds. The van der Waals surface area contributed by atoms with Crippen LogP contribution >= 0.6 is 11.6 Å². The molecular weight excluding hydrogens is 684 g/mol. The van der Waals surface area contributed by atoms with Crippen molar-refractivity contribution < 1.29 is 28.6 Å². The van der Waals surface area contributed by atoms with Crippen molar-refractivity contribution in [2.45, 2.75) is 78.7 Å². The quantitative estimate of drug-likeness (QED) is 0.0324. The first-order valence-corrected chi connectivity index (χ1v) is 18.9. The minimum atomic E-state index is -0.621. The number of ether oxygens (including phenoxy) is 3. The van der Waals surface area contributed by atoms with Crippen LogP contribution in [0, 0.1) is 13.8 Å². The van der Waals surface area contributed by atoms with E-state index in [-0.39, 0.29) is 17.9 Å². The number of hydrogen-bond acceptors (Lipinski definition) is 6. The Bertz CT molecular complexity index is 2280. The van der Waals surface area contributed by atoms with Gasteiger partial charge in [0.1, 0.15) is 18.1 Å². The van der Waals surface area contributed by atoms with Crippen molar-refractivity contribution in [3.63, 3.8) is 0 Å². The lowest BCUT2D eigenvalue weighted by molar-refractivity contribution is 0.0495. The van der Waals surface area contributed by atoms with E-state index < -0.39 is 17.2 Å². The molecule has 0 aromatic heterocycles. The van der Waals surface area contributed by atoms with Gasteiger partial charge in [0.15, 0.2) is 0 Å². The Labute approximate surface area is 316 Å². The van der Waals surface area contributed by atoms with Gasteiger partial charge in [-0.3, -0.25) is 4.79 Å². The first kappa shape index (κ1) is 37.6. The molecule has 6 aromatic carbocycles. The maximum atomic E-state index is 14.2. The summed E-state index contributed by atoms with van der Waals surface area (Å²) in [5, 5.41) is 4.30. The van der Waals surface area contributed by atoms with E-state index in [2.05, 4.69) is 6.92 Å². The standard InChI is InChI=1S/C46H45ClO6/c1-4-5-6-7-8-9-10-14-23-51-45(49)34-24-35(52-29-32-19-12-11-13-20-32)28-36(25-34)53-46(50)40-27-33-26-39(44(47)48)37-21-15-17-30(2)41(37)43(33)42-31(3)18-16-22-38(40)42/h11-13,15-22,24-28H,4-10,14,23,29H2,1-3H3. The fourth-order valence-electron chi connectivity index (χ4n) is 7.06. The van der Waals surface area contributed by atoms with Crippen LogP contribution < -0.4 is 9.47 Å². The van der Waals surface area contributed by atoms with Gasteiger partial charge in [-0.05, 0) is 105 Å². The van der Waals surface area contributed by atoms with Crippen molar-refractivity contribution in [3.8, 4) is 11.5 Å². The van der Waals surface area contributed by atoms with Crippen LogP contribution in [0.15, 0.2) is 97.1 Å². The van der Waals surface area contributed by atoms with E-state index in [1.807, 2.05) is 80.6 Å². The minimum Gasteiger partial charge on any atom is -0.489 e. The van der Waals surface area contributed by atoms with Crippen LogP contribution in [0.1, 0.15) is 106 Å². The lowest BCUT2D eigenvalue weighted by Crippen LogP contribution is -2.12. The zero-order valence-corrected chi connectivity index (χ0v) is 31.4. The smallest absolute Gasteiger partial charge is 0.344 e. The van der Waals surface area contributed by atoms with Gasteiger partial charge < -0.3 is 14.2 Å². The predicted molar refractivity (Wildman–Crippen MR) is 214 cm³/mol. The molecule has 0 aliphatic rings. The fraction of sp³-hybridized carbons (Fsp3) is 0.283. The average molecular weight is 729 g/mol. The van der Waals surface area contributed by atoms with Crippen molar-refractivity contribution in [2.75, 3.05) is 6.61 Å². The van der Waals surface area contributed by atoms with E-state index in [1.54, 1.807) is 24.3 Å². The number of rotatable bonds is 16. The van der Waals surface area contributed by atoms with Crippen LogP contribution in [0.2, 0.25) is 0 Å². The second-order valence-electron chi connectivity index (χ2n) is 13.7. The number of carbonyl (C=O) groups excluding carboxylic acids is 3. The summed E-state index contributed by atoms with van der Waals surface area (Å²) in [6.07, 6.45) is 9.10. The summed E-state index contributed by atoms with van der Waals surface area (Å²) in [5.41, 5.74) is 3.81. The first-order chi connectivity index (χ1) is 25.7. The highest BCUT2D eigenvalue weighted by molar-refractivity contribution is 6.69. The zero-order valence-electron chi connectivity index (χ0n) is 30.6. The minimum absolute atomic E-state index is 0.145. The molecule has 53 heavy (non-hydrogen) atoms. The molecule has 0 atom stereocenters. The number of benzene rings is 6. The predicted octanol–water partition coefficient (Wildman–Crippen LogP) is 12.2. The van der Waals surface area contributed by atoms with Crippen molar-refractivity contribution in [1.82, 2.24) is 0 Å². The van der Waals surface area contributed by atoms with E-state index in [0.717, 1.165) is 57.5 Å². The summed E-state index contributed by atoms with van der Waals surface area (Å²) in [7, 11) is 0. The van der Waals surface area contributed by atoms with Crippen LogP contribution in [0.25, 0.3) is 32.3 Å². The van der Waals surface area contributed by atoms with Gasteiger partial charge in [0, 0.05) is 11.6 Å². The fourth-order valence-corrected chi connectivity index (χ4v) is 7.22. The Hall–Kier alpha value is -5.20. The van der Waals surface area contributed by atoms with Crippen LogP contribution in [0.5, 0.6) is 11.5 Å². The largest absolute Gasteiger partial charge is 0.489 e. The third kappa shape index (κ3) is 8.89. The van der Waals surface area contributed by atoms with Crippen molar-refractivity contribution >= 4 is 61.1 Å². The molecule has 6 aromatic rings. The van der Waals surface area contributed by atoms with E-state index in [9.17, 15) is 14.4 Å². The van der Waals surface area contributed by atoms with Gasteiger partial charge in [-0.1, -0.05) is 119 Å². The monoisotopic (exact) mass is 728 g/mol. The highest BCUT2D eigenvalue weighted by atomic mass is 35.5. The van der Waals surface area contributed by atoms with E-state index in [4.69, 9.17) is 25.8 Å². The summed E-state index contributed by atoms with van der Waals surface area (Å²) in [6.45, 7) is 6.78. The molecule has 0 heterocycles. The summed E-state index contributed by atoms with van der Waals surface area (Å²) >= 11 is 6.11. The molecule has 272 valence electrons. The molecule has 6 rings (SSSR count). The molecule has 0 spiro atoms. The number of unbranched alkanes of at least 4 members (excludes halogenated alkanes) is 7. The van der Waals surface area contributed by atoms with Gasteiger partial charge in [-0.25, -0.2) is 9.59 Å². The number of fused-ring (bicyclic) bond motifs is 5. The van der Waals surface area contributed by atoms with Crippen LogP contribution in [0.3, 0.4) is 0 Å². The molecule has 0 bridgehead atoms. The molecular formula is C46H45ClO6. The normalized spacial score (nSPS) is 11.2. The van der Waals surface area contributed by atoms with Crippen LogP contribution in [-0.4, -0.2) is 23.8 Å². The van der Waals surface area contributed by atoms with E-state index in [1.165, 1.54) is 38.2 Å². The molecule has 0 fully saturated rings. The molecule has 0 aliphatic carbocycles. The average Bonchev–Trinajstić information content (AvgIpc) is 3.16. The molecule has 0 aliphatic heterocycles. The van der Waals surface area contributed by atoms with Crippen molar-refractivity contribution in [2.24, 2.45) is 0 Å². The maximum Gasteiger partial charge on any atom is 0.344 e. The molecule has 6 nitrogen and oxygen atoms in total. The Morgan fingerprint density at radius 1 is 0.604 bits per heavy atom. The van der Waals surface area contributed by atoms with Crippen molar-refractivity contribution in [1.29, 1.82) is 0 Å². The molecule has 0 N–H and O–H groups in total. The van der Waals surface area contributed by atoms with E-state index in [0.29, 0.717) is 34.3 Å². The number of carbonyl (C=O) groups is 3. The van der Waals surface area contributed by atoms with Gasteiger partial charge in [-0.2, -0.15) is 0 Å². The number of hydrogen-bond donors (Lipinski definition) is 0. The van der Waals surface area contributed by atoms with Crippen molar-refractivity contribution in [3.05, 3.63) is 130 Å². The number of esters is 2. The summed E-state index contributed by atoms with van der Waals surface area (Å²) in [6, 6.07) is 29.5. The second-order valence-corrected chi connectivity index (χ2v) is 14.0. The third-order valence-electron chi connectivity index (χ3n) is 9.75. The van der Waals surface area contributed by atoms with Gasteiger partial charge in [0.2, 0.25) is 0 Å². The third-order valence-corrected chi connectivity index (χ3v) is 9.96. The molecule has 0 radical (unpaired) electrons. The summed E-state index contributed by atoms with van der Waals surface area (Å²) < 4.78 is 17.8. The topological polar surface area (TPSA) is 78.9 Å². The zero-order chi connectivity index (χ0) is 37.3.